The number of hydrogen-bond donors (Lipinski definition) is 3. The first-order valence-electron chi connectivity index (χ1n) is 12.5. The number of pyridine rings is 2. The molecule has 0 spiro atoms. The molecule has 5 aromatic heterocycles. The predicted molar refractivity (Wildman–Crippen MR) is 147 cm³/mol. The molecule has 3 N–H and O–H groups in total. The Morgan fingerprint density at radius 1 is 0.872 bits per heavy atom. The quantitative estimate of drug-likeness (QED) is 0.232. The maximum Gasteiger partial charge on any atom is 0.159 e. The number of H-pyrrole nitrogens is 2. The van der Waals surface area contributed by atoms with Gasteiger partial charge in [0.05, 0.1) is 28.9 Å². The number of aromatic amines is 2. The first-order valence-corrected chi connectivity index (χ1v) is 12.5. The average Bonchev–Trinajstić information content (AvgIpc) is 3.74. The highest BCUT2D eigenvalue weighted by atomic mass is 19.1. The molecular formula is C30H22FN7O. The first kappa shape index (κ1) is 23.0. The van der Waals surface area contributed by atoms with Crippen molar-refractivity contribution in [2.45, 2.75) is 13.1 Å². The summed E-state index contributed by atoms with van der Waals surface area (Å²) < 4.78 is 21.3. The Labute approximate surface area is 222 Å². The molecule has 8 nitrogen and oxygen atoms in total. The molecule has 7 rings (SSSR count). The van der Waals surface area contributed by atoms with Crippen molar-refractivity contribution < 1.29 is 8.81 Å². The monoisotopic (exact) mass is 515 g/mol. The number of halogens is 1. The zero-order valence-corrected chi connectivity index (χ0v) is 20.6. The smallest absolute Gasteiger partial charge is 0.159 e. The van der Waals surface area contributed by atoms with E-state index in [-0.39, 0.29) is 5.82 Å². The standard InChI is InChI=1S/C30H22FN7O/c31-26-22(21-12-19(15-33-16-21)14-32-13-18-4-2-1-3-5-18)6-7-23-25(26)29(38-37-23)30-35-24-8-10-34-27(28(24)36-30)20-9-11-39-17-20/h1-12,15-17,32H,13-14H2,(H,35,36)(H,37,38). The number of imidazole rings is 1. The van der Waals surface area contributed by atoms with Crippen LogP contribution in [0, 0.1) is 5.82 Å². The van der Waals surface area contributed by atoms with E-state index in [4.69, 9.17) is 9.40 Å². The molecule has 9 heteroatoms. The molecule has 0 aliphatic rings. The van der Waals surface area contributed by atoms with Crippen LogP contribution in [-0.2, 0) is 13.1 Å². The Hall–Kier alpha value is -5.15. The van der Waals surface area contributed by atoms with Crippen LogP contribution < -0.4 is 5.32 Å². The molecule has 0 unspecified atom stereocenters. The molecule has 39 heavy (non-hydrogen) atoms. The van der Waals surface area contributed by atoms with Gasteiger partial charge >= 0.3 is 0 Å². The van der Waals surface area contributed by atoms with Crippen molar-refractivity contribution >= 4 is 21.9 Å². The SMILES string of the molecule is Fc1c(-c2cncc(CNCc3ccccc3)c2)ccc2[nH]nc(-c3nc4c(-c5ccoc5)nccc4[nH]3)c12. The molecule has 0 fully saturated rings. The third-order valence-corrected chi connectivity index (χ3v) is 6.69. The van der Waals surface area contributed by atoms with Crippen molar-refractivity contribution in [2.75, 3.05) is 0 Å². The van der Waals surface area contributed by atoms with Crippen molar-refractivity contribution in [3.8, 4) is 33.9 Å². The molecular weight excluding hydrogens is 493 g/mol. The van der Waals surface area contributed by atoms with Crippen LogP contribution in [0.3, 0.4) is 0 Å². The Morgan fingerprint density at radius 2 is 1.77 bits per heavy atom. The predicted octanol–water partition coefficient (Wildman–Crippen LogP) is 6.25. The summed E-state index contributed by atoms with van der Waals surface area (Å²) in [6.07, 6.45) is 8.37. The van der Waals surface area contributed by atoms with Crippen molar-refractivity contribution in [3.05, 3.63) is 109 Å². The molecule has 2 aromatic carbocycles. The lowest BCUT2D eigenvalue weighted by Crippen LogP contribution is -2.12. The minimum absolute atomic E-state index is 0.358. The zero-order chi connectivity index (χ0) is 26.2. The second kappa shape index (κ2) is 9.62. The van der Waals surface area contributed by atoms with Gasteiger partial charge in [-0.2, -0.15) is 5.10 Å². The molecule has 5 heterocycles. The summed E-state index contributed by atoms with van der Waals surface area (Å²) in [5.41, 5.74) is 7.18. The number of hydrogen-bond acceptors (Lipinski definition) is 6. The molecule has 190 valence electrons. The molecule has 0 atom stereocenters. The summed E-state index contributed by atoms with van der Waals surface area (Å²) in [4.78, 5) is 16.9. The Morgan fingerprint density at radius 3 is 2.64 bits per heavy atom. The fraction of sp³-hybridized carbons (Fsp3) is 0.0667. The third-order valence-electron chi connectivity index (χ3n) is 6.69. The van der Waals surface area contributed by atoms with Crippen LogP contribution in [0.2, 0.25) is 0 Å². The van der Waals surface area contributed by atoms with Gasteiger partial charge in [0.1, 0.15) is 22.7 Å². The van der Waals surface area contributed by atoms with Crippen LogP contribution in [0.1, 0.15) is 11.1 Å². The highest BCUT2D eigenvalue weighted by molar-refractivity contribution is 5.98. The highest BCUT2D eigenvalue weighted by Gasteiger charge is 2.21. The molecule has 0 aliphatic carbocycles. The van der Waals surface area contributed by atoms with Gasteiger partial charge in [0.25, 0.3) is 0 Å². The number of benzene rings is 2. The van der Waals surface area contributed by atoms with E-state index < -0.39 is 0 Å². The Balaban J connectivity index is 1.23. The lowest BCUT2D eigenvalue weighted by molar-refractivity contribution is 0.568. The van der Waals surface area contributed by atoms with Crippen molar-refractivity contribution in [3.63, 3.8) is 0 Å². The lowest BCUT2D eigenvalue weighted by Gasteiger charge is -2.09. The normalized spacial score (nSPS) is 11.5. The van der Waals surface area contributed by atoms with Gasteiger partial charge in [-0.1, -0.05) is 30.3 Å². The topological polar surface area (TPSA) is 108 Å². The van der Waals surface area contributed by atoms with Gasteiger partial charge in [0, 0.05) is 48.4 Å². The largest absolute Gasteiger partial charge is 0.472 e. The van der Waals surface area contributed by atoms with Gasteiger partial charge in [-0.05, 0) is 41.5 Å². The van der Waals surface area contributed by atoms with Crippen LogP contribution in [0.15, 0.2) is 96.2 Å². The molecule has 0 saturated heterocycles. The maximum atomic E-state index is 16.1. The molecule has 0 bridgehead atoms. The van der Waals surface area contributed by atoms with Gasteiger partial charge in [-0.15, -0.1) is 0 Å². The van der Waals surface area contributed by atoms with Crippen molar-refractivity contribution in [2.24, 2.45) is 0 Å². The van der Waals surface area contributed by atoms with E-state index in [1.807, 2.05) is 42.5 Å². The highest BCUT2D eigenvalue weighted by Crippen LogP contribution is 2.35. The number of nitrogens with zero attached hydrogens (tertiary/aromatic N) is 4. The third kappa shape index (κ3) is 4.24. The van der Waals surface area contributed by atoms with E-state index >= 15 is 4.39 Å². The number of fused-ring (bicyclic) bond motifs is 2. The fourth-order valence-electron chi connectivity index (χ4n) is 4.80. The summed E-state index contributed by atoms with van der Waals surface area (Å²) >= 11 is 0. The zero-order valence-electron chi connectivity index (χ0n) is 20.6. The summed E-state index contributed by atoms with van der Waals surface area (Å²) in [5, 5.41) is 11.1. The summed E-state index contributed by atoms with van der Waals surface area (Å²) in [7, 11) is 0. The first-order chi connectivity index (χ1) is 19.2. The van der Waals surface area contributed by atoms with Gasteiger partial charge in [-0.25, -0.2) is 9.37 Å². The van der Waals surface area contributed by atoms with Gasteiger partial charge in [0.15, 0.2) is 5.82 Å². The van der Waals surface area contributed by atoms with Crippen LogP contribution in [-0.4, -0.2) is 30.1 Å². The minimum atomic E-state index is -0.388. The number of furan rings is 1. The van der Waals surface area contributed by atoms with E-state index in [0.29, 0.717) is 51.3 Å². The van der Waals surface area contributed by atoms with E-state index in [1.54, 1.807) is 37.2 Å². The Bertz CT molecular complexity index is 1910. The summed E-state index contributed by atoms with van der Waals surface area (Å²) in [6.45, 7) is 1.35. The lowest BCUT2D eigenvalue weighted by atomic mass is 10.0. The van der Waals surface area contributed by atoms with Crippen LogP contribution in [0.4, 0.5) is 4.39 Å². The summed E-state index contributed by atoms with van der Waals surface area (Å²) in [6, 6.07) is 19.4. The van der Waals surface area contributed by atoms with Crippen molar-refractivity contribution in [1.29, 1.82) is 0 Å². The maximum absolute atomic E-state index is 16.1. The fourth-order valence-corrected chi connectivity index (χ4v) is 4.80. The molecule has 0 aliphatic heterocycles. The minimum Gasteiger partial charge on any atom is -0.472 e. The average molecular weight is 516 g/mol. The molecule has 0 radical (unpaired) electrons. The van der Waals surface area contributed by atoms with Crippen molar-refractivity contribution in [1.82, 2.24) is 35.5 Å². The molecule has 7 aromatic rings. The van der Waals surface area contributed by atoms with Gasteiger partial charge < -0.3 is 14.7 Å². The summed E-state index contributed by atoms with van der Waals surface area (Å²) in [5.74, 6) is 0.0584. The van der Waals surface area contributed by atoms with Crippen LogP contribution in [0.25, 0.3) is 55.8 Å². The van der Waals surface area contributed by atoms with Crippen LogP contribution in [0.5, 0.6) is 0 Å². The van der Waals surface area contributed by atoms with Crippen LogP contribution >= 0.6 is 0 Å². The second-order valence-corrected chi connectivity index (χ2v) is 9.25. The number of nitrogens with one attached hydrogen (secondary N) is 3. The molecule has 0 saturated carbocycles. The number of aromatic nitrogens is 6. The van der Waals surface area contributed by atoms with E-state index in [2.05, 4.69) is 42.6 Å². The molecule has 0 amide bonds. The van der Waals surface area contributed by atoms with E-state index in [9.17, 15) is 0 Å². The van der Waals surface area contributed by atoms with E-state index in [1.165, 1.54) is 5.56 Å². The second-order valence-electron chi connectivity index (χ2n) is 9.25. The van der Waals surface area contributed by atoms with Gasteiger partial charge in [0.2, 0.25) is 0 Å². The Kier molecular flexibility index (Phi) is 5.68. The number of rotatable bonds is 7. The van der Waals surface area contributed by atoms with E-state index in [0.717, 1.165) is 23.2 Å². The van der Waals surface area contributed by atoms with Gasteiger partial charge in [-0.3, -0.25) is 15.1 Å².